The number of nitrogens with two attached hydrogens (primary N) is 1. The summed E-state index contributed by atoms with van der Waals surface area (Å²) in [7, 11) is 0. The Kier molecular flexibility index (Phi) is 2.81. The summed E-state index contributed by atoms with van der Waals surface area (Å²) in [4.78, 5) is 8.84. The summed E-state index contributed by atoms with van der Waals surface area (Å²) in [6.45, 7) is 3.26. The van der Waals surface area contributed by atoms with Crippen LogP contribution in [0, 0.1) is 5.41 Å². The molecule has 2 N–H and O–H groups in total. The number of hydrogen-bond donors (Lipinski definition) is 1. The molecular formula is C13H17BrN4. The van der Waals surface area contributed by atoms with E-state index >= 15 is 0 Å². The Balaban J connectivity index is 2.03. The average molecular weight is 309 g/mol. The highest BCUT2D eigenvalue weighted by atomic mass is 79.9. The van der Waals surface area contributed by atoms with Crippen molar-refractivity contribution in [2.75, 3.05) is 5.73 Å². The van der Waals surface area contributed by atoms with Gasteiger partial charge in [0, 0.05) is 17.2 Å². The lowest BCUT2D eigenvalue weighted by Gasteiger charge is -2.24. The van der Waals surface area contributed by atoms with E-state index in [-0.39, 0.29) is 0 Å². The number of imidazole rings is 1. The lowest BCUT2D eigenvalue weighted by Crippen LogP contribution is -2.21. The molecule has 0 amide bonds. The Morgan fingerprint density at radius 3 is 2.89 bits per heavy atom. The minimum Gasteiger partial charge on any atom is -0.369 e. The van der Waals surface area contributed by atoms with Gasteiger partial charge in [0.2, 0.25) is 5.95 Å². The van der Waals surface area contributed by atoms with Crippen LogP contribution in [0.5, 0.6) is 0 Å². The van der Waals surface area contributed by atoms with Crippen LogP contribution in [-0.2, 0) is 6.54 Å². The molecule has 2 heterocycles. The number of hydrogen-bond acceptors (Lipinski definition) is 3. The molecule has 0 spiro atoms. The van der Waals surface area contributed by atoms with E-state index < -0.39 is 0 Å². The van der Waals surface area contributed by atoms with Gasteiger partial charge in [-0.05, 0) is 40.3 Å². The maximum Gasteiger partial charge on any atom is 0.202 e. The smallest absolute Gasteiger partial charge is 0.202 e. The van der Waals surface area contributed by atoms with Crippen molar-refractivity contribution in [2.24, 2.45) is 5.41 Å². The molecule has 0 atom stereocenters. The normalized spacial score (nSPS) is 18.6. The van der Waals surface area contributed by atoms with Gasteiger partial charge in [-0.25, -0.2) is 9.97 Å². The fourth-order valence-electron chi connectivity index (χ4n) is 2.93. The number of nitrogens with zero attached hydrogens (tertiary/aromatic N) is 3. The fraction of sp³-hybridized carbons (Fsp3) is 0.538. The fourth-order valence-corrected chi connectivity index (χ4v) is 3.25. The molecule has 3 rings (SSSR count). The Bertz CT molecular complexity index is 584. The molecule has 2 aromatic rings. The van der Waals surface area contributed by atoms with E-state index in [1.165, 1.54) is 25.7 Å². The molecule has 0 bridgehead atoms. The van der Waals surface area contributed by atoms with Gasteiger partial charge in [0.1, 0.15) is 5.52 Å². The first-order valence-corrected chi connectivity index (χ1v) is 7.14. The maximum absolute atomic E-state index is 6.04. The monoisotopic (exact) mass is 308 g/mol. The highest BCUT2D eigenvalue weighted by Crippen LogP contribution is 2.40. The Labute approximate surface area is 115 Å². The molecule has 96 valence electrons. The van der Waals surface area contributed by atoms with Gasteiger partial charge in [-0.2, -0.15) is 0 Å². The lowest BCUT2D eigenvalue weighted by molar-refractivity contribution is 0.286. The van der Waals surface area contributed by atoms with Crippen LogP contribution in [0.15, 0.2) is 16.7 Å². The van der Waals surface area contributed by atoms with E-state index in [4.69, 9.17) is 5.73 Å². The molecule has 0 saturated heterocycles. The van der Waals surface area contributed by atoms with Crippen LogP contribution in [0.1, 0.15) is 32.6 Å². The van der Waals surface area contributed by atoms with Gasteiger partial charge >= 0.3 is 0 Å². The van der Waals surface area contributed by atoms with Gasteiger partial charge in [0.05, 0.1) is 0 Å². The number of halogens is 1. The quantitative estimate of drug-likeness (QED) is 0.925. The first kappa shape index (κ1) is 12.0. The highest BCUT2D eigenvalue weighted by Gasteiger charge is 2.30. The SMILES string of the molecule is CC1(Cn2c(N)nc3cc(Br)cnc32)CCCC1. The third-order valence-corrected chi connectivity index (χ3v) is 4.37. The Hall–Kier alpha value is -1.10. The number of nitrogen functional groups attached to an aromatic ring is 1. The van der Waals surface area contributed by atoms with Gasteiger partial charge < -0.3 is 5.73 Å². The number of rotatable bonds is 2. The summed E-state index contributed by atoms with van der Waals surface area (Å²) in [6, 6.07) is 1.96. The van der Waals surface area contributed by atoms with Crippen LogP contribution in [0.2, 0.25) is 0 Å². The molecule has 1 aliphatic carbocycles. The topological polar surface area (TPSA) is 56.7 Å². The number of anilines is 1. The molecule has 1 saturated carbocycles. The Morgan fingerprint density at radius 2 is 2.17 bits per heavy atom. The zero-order chi connectivity index (χ0) is 12.8. The first-order chi connectivity index (χ1) is 8.57. The molecule has 2 aromatic heterocycles. The lowest BCUT2D eigenvalue weighted by atomic mass is 9.89. The largest absolute Gasteiger partial charge is 0.369 e. The van der Waals surface area contributed by atoms with Crippen molar-refractivity contribution in [3.63, 3.8) is 0 Å². The van der Waals surface area contributed by atoms with Crippen LogP contribution in [0.25, 0.3) is 11.2 Å². The molecule has 18 heavy (non-hydrogen) atoms. The minimum absolute atomic E-state index is 0.344. The van der Waals surface area contributed by atoms with E-state index in [0.717, 1.165) is 22.2 Å². The van der Waals surface area contributed by atoms with Crippen molar-refractivity contribution in [2.45, 2.75) is 39.2 Å². The summed E-state index contributed by atoms with van der Waals surface area (Å²) in [5.74, 6) is 0.573. The second-order valence-electron chi connectivity index (χ2n) is 5.57. The van der Waals surface area contributed by atoms with E-state index in [0.29, 0.717) is 11.4 Å². The third kappa shape index (κ3) is 2.00. The van der Waals surface area contributed by atoms with E-state index in [2.05, 4.69) is 37.4 Å². The van der Waals surface area contributed by atoms with Crippen molar-refractivity contribution < 1.29 is 0 Å². The van der Waals surface area contributed by atoms with Crippen molar-refractivity contribution in [3.05, 3.63) is 16.7 Å². The first-order valence-electron chi connectivity index (χ1n) is 6.35. The second kappa shape index (κ2) is 4.23. The van der Waals surface area contributed by atoms with Crippen molar-refractivity contribution in [1.82, 2.24) is 14.5 Å². The molecule has 1 fully saturated rings. The molecular weight excluding hydrogens is 292 g/mol. The average Bonchev–Trinajstić information content (AvgIpc) is 2.85. The standard InChI is InChI=1S/C13H17BrN4/c1-13(4-2-3-5-13)8-18-11-10(17-12(18)15)6-9(14)7-16-11/h6-7H,2-5,8H2,1H3,(H2,15,17). The number of aromatic nitrogens is 3. The van der Waals surface area contributed by atoms with Crippen LogP contribution in [0.3, 0.4) is 0 Å². The predicted octanol–water partition coefficient (Wildman–Crippen LogP) is 3.36. The van der Waals surface area contributed by atoms with Crippen LogP contribution < -0.4 is 5.73 Å². The summed E-state index contributed by atoms with van der Waals surface area (Å²) < 4.78 is 3.00. The molecule has 4 nitrogen and oxygen atoms in total. The van der Waals surface area contributed by atoms with Crippen LogP contribution >= 0.6 is 15.9 Å². The van der Waals surface area contributed by atoms with Gasteiger partial charge in [0.25, 0.3) is 0 Å². The molecule has 0 radical (unpaired) electrons. The molecule has 5 heteroatoms. The van der Waals surface area contributed by atoms with Gasteiger partial charge in [-0.15, -0.1) is 0 Å². The van der Waals surface area contributed by atoms with Crippen molar-refractivity contribution in [3.8, 4) is 0 Å². The highest BCUT2D eigenvalue weighted by molar-refractivity contribution is 9.10. The van der Waals surface area contributed by atoms with Gasteiger partial charge in [-0.1, -0.05) is 19.8 Å². The van der Waals surface area contributed by atoms with Crippen LogP contribution in [0.4, 0.5) is 5.95 Å². The summed E-state index contributed by atoms with van der Waals surface area (Å²) in [5.41, 5.74) is 8.14. The second-order valence-corrected chi connectivity index (χ2v) is 6.49. The Morgan fingerprint density at radius 1 is 1.44 bits per heavy atom. The van der Waals surface area contributed by atoms with Crippen LogP contribution in [-0.4, -0.2) is 14.5 Å². The van der Waals surface area contributed by atoms with Crippen molar-refractivity contribution >= 4 is 33.0 Å². The summed E-state index contributed by atoms with van der Waals surface area (Å²) >= 11 is 3.41. The zero-order valence-electron chi connectivity index (χ0n) is 10.5. The van der Waals surface area contributed by atoms with Gasteiger partial charge in [0.15, 0.2) is 5.65 Å². The zero-order valence-corrected chi connectivity index (χ0v) is 12.1. The number of fused-ring (bicyclic) bond motifs is 1. The van der Waals surface area contributed by atoms with Crippen molar-refractivity contribution in [1.29, 1.82) is 0 Å². The molecule has 1 aliphatic rings. The maximum atomic E-state index is 6.04. The predicted molar refractivity (Wildman–Crippen MR) is 76.2 cm³/mol. The third-order valence-electron chi connectivity index (χ3n) is 3.93. The van der Waals surface area contributed by atoms with Gasteiger partial charge in [-0.3, -0.25) is 4.57 Å². The van der Waals surface area contributed by atoms with E-state index in [1.807, 2.05) is 6.07 Å². The molecule has 0 aromatic carbocycles. The molecule has 0 aliphatic heterocycles. The summed E-state index contributed by atoms with van der Waals surface area (Å²) in [6.07, 6.45) is 6.98. The summed E-state index contributed by atoms with van der Waals surface area (Å²) in [5, 5.41) is 0. The van der Waals surface area contributed by atoms with E-state index in [9.17, 15) is 0 Å². The molecule has 0 unspecified atom stereocenters. The van der Waals surface area contributed by atoms with E-state index in [1.54, 1.807) is 6.20 Å². The minimum atomic E-state index is 0.344. The number of pyridine rings is 1.